The predicted molar refractivity (Wildman–Crippen MR) is 434 cm³/mol. The summed E-state index contributed by atoms with van der Waals surface area (Å²) in [6.07, 6.45) is 8.82. The van der Waals surface area contributed by atoms with Gasteiger partial charge in [-0.25, -0.2) is 24.9 Å². The molecule has 1 spiro atoms. The van der Waals surface area contributed by atoms with Gasteiger partial charge in [-0.1, -0.05) is 229 Å². The highest BCUT2D eigenvalue weighted by atomic mass is 16.5. The molecule has 15 aromatic rings. The van der Waals surface area contributed by atoms with Crippen LogP contribution in [0.3, 0.4) is 0 Å². The Labute approximate surface area is 615 Å². The zero-order valence-corrected chi connectivity index (χ0v) is 59.7. The number of fused-ring (bicyclic) bond motifs is 13. The minimum absolute atomic E-state index is 0.0354. The SMILES string of the molecule is CC(C)(C)c1ccc(Nc2ccccn2)cc1.CC1(C)c2ccccc2-c2ccc(Nc3ccccn3)cc21.COc1ccc(Nc2ccccn2)cc1.c1ccc(-c2ccc(Nc3ccc4c(c3)C3(c5ccccc5-c5ccccc53)c3ccccc3-4)cc2)cc1.c1ccc(Nc2ccccn2)nc1. The molecule has 0 saturated carbocycles. The maximum absolute atomic E-state index is 5.08. The molecule has 0 fully saturated rings. The molecule has 10 aromatic carbocycles. The average molecular weight is 1370 g/mol. The molecule has 11 nitrogen and oxygen atoms in total. The number of methoxy groups -OCH3 is 1. The zero-order valence-electron chi connectivity index (χ0n) is 59.7. The molecule has 18 rings (SSSR count). The third-order valence-corrected chi connectivity index (χ3v) is 19.1. The van der Waals surface area contributed by atoms with Gasteiger partial charge in [0.05, 0.1) is 12.5 Å². The lowest BCUT2D eigenvalue weighted by atomic mass is 9.70. The second kappa shape index (κ2) is 31.3. The van der Waals surface area contributed by atoms with Crippen molar-refractivity contribution in [2.45, 2.75) is 50.9 Å². The second-order valence-corrected chi connectivity index (χ2v) is 27.3. The van der Waals surface area contributed by atoms with Crippen LogP contribution in [-0.4, -0.2) is 32.0 Å². The van der Waals surface area contributed by atoms with E-state index in [-0.39, 0.29) is 16.2 Å². The summed E-state index contributed by atoms with van der Waals surface area (Å²) in [6.45, 7) is 11.2. The van der Waals surface area contributed by atoms with Crippen molar-refractivity contribution in [2.24, 2.45) is 0 Å². The van der Waals surface area contributed by atoms with E-state index in [0.717, 1.165) is 63.3 Å². The standard InChI is InChI=1S/C37H25N.C20H18N2.C15H18N2.C12H12N2O.C10H9N3/c1-2-10-25(11-3-1)26-18-20-27(21-19-26)38-28-22-23-32-31-14-6-9-17-35(31)37(36(32)24-28)33-15-7-4-12-29(33)30-13-5-8-16-34(30)37;1-20(2)17-8-4-3-7-15(17)16-11-10-14(13-18(16)20)22-19-9-5-6-12-21-19;1-15(2,3)12-7-9-13(10-8-12)17-14-6-4-5-11-16-14;1-15-11-7-5-10(6-8-11)14-12-4-2-3-9-13-12;1-3-7-11-9(5-1)13-10-6-2-4-8-12-10/h1-24,38H;3-13H,1-2H3,(H,21,22);4-11H,1-3H3,(H,16,17);2-9H,1H3,(H,13,14);1-8H,(H,11,12,13). The van der Waals surface area contributed by atoms with Crippen LogP contribution >= 0.6 is 0 Å². The van der Waals surface area contributed by atoms with Gasteiger partial charge in [0, 0.05) is 64.8 Å². The van der Waals surface area contributed by atoms with Gasteiger partial charge < -0.3 is 31.3 Å². The van der Waals surface area contributed by atoms with Crippen LogP contribution in [0.15, 0.2) is 359 Å². The summed E-state index contributed by atoms with van der Waals surface area (Å²) in [4.78, 5) is 21.0. The van der Waals surface area contributed by atoms with Gasteiger partial charge in [-0.2, -0.15) is 0 Å². The summed E-state index contributed by atoms with van der Waals surface area (Å²) >= 11 is 0. The largest absolute Gasteiger partial charge is 0.497 e. The quantitative estimate of drug-likeness (QED) is 0.0801. The third-order valence-electron chi connectivity index (χ3n) is 19.1. The number of ether oxygens (including phenoxy) is 1. The smallest absolute Gasteiger partial charge is 0.131 e. The van der Waals surface area contributed by atoms with E-state index in [1.165, 1.54) is 83.5 Å². The van der Waals surface area contributed by atoms with Gasteiger partial charge >= 0.3 is 0 Å². The molecule has 0 aliphatic heterocycles. The Kier molecular flexibility index (Phi) is 20.5. The summed E-state index contributed by atoms with van der Waals surface area (Å²) in [5, 5.41) is 16.6. The van der Waals surface area contributed by atoms with Crippen molar-refractivity contribution < 1.29 is 4.74 Å². The molecule has 0 bridgehead atoms. The fourth-order valence-corrected chi connectivity index (χ4v) is 14.0. The lowest BCUT2D eigenvalue weighted by Crippen LogP contribution is -2.25. The van der Waals surface area contributed by atoms with E-state index < -0.39 is 0 Å². The van der Waals surface area contributed by atoms with Crippen molar-refractivity contribution in [3.8, 4) is 50.3 Å². The predicted octanol–water partition coefficient (Wildman–Crippen LogP) is 23.7. The maximum atomic E-state index is 5.08. The Morgan fingerprint density at radius 3 is 1.01 bits per heavy atom. The van der Waals surface area contributed by atoms with Gasteiger partial charge in [0.2, 0.25) is 0 Å². The normalized spacial score (nSPS) is 12.2. The summed E-state index contributed by atoms with van der Waals surface area (Å²) in [6, 6.07) is 113. The van der Waals surface area contributed by atoms with Crippen LogP contribution in [0.4, 0.5) is 57.5 Å². The van der Waals surface area contributed by atoms with Crippen LogP contribution in [0, 0.1) is 0 Å². The van der Waals surface area contributed by atoms with Crippen LogP contribution in [0.2, 0.25) is 0 Å². The van der Waals surface area contributed by atoms with E-state index in [2.05, 4.69) is 298 Å². The Morgan fingerprint density at radius 1 is 0.267 bits per heavy atom. The van der Waals surface area contributed by atoms with Gasteiger partial charge in [0.15, 0.2) is 0 Å². The molecule has 0 unspecified atom stereocenters. The number of nitrogens with zero attached hydrogens (tertiary/aromatic N) is 5. The Bertz CT molecular complexity index is 5250. The van der Waals surface area contributed by atoms with E-state index in [0.29, 0.717) is 0 Å². The van der Waals surface area contributed by atoms with Crippen LogP contribution < -0.4 is 31.3 Å². The van der Waals surface area contributed by atoms with Crippen molar-refractivity contribution in [1.29, 1.82) is 0 Å². The molecule has 3 aliphatic carbocycles. The van der Waals surface area contributed by atoms with Crippen molar-refractivity contribution in [2.75, 3.05) is 33.7 Å². The molecule has 0 amide bonds. The van der Waals surface area contributed by atoms with Crippen LogP contribution in [0.25, 0.3) is 44.5 Å². The van der Waals surface area contributed by atoms with E-state index >= 15 is 0 Å². The van der Waals surface area contributed by atoms with Gasteiger partial charge in [0.1, 0.15) is 34.8 Å². The Morgan fingerprint density at radius 2 is 0.581 bits per heavy atom. The highest BCUT2D eigenvalue weighted by molar-refractivity contribution is 5.96. The first-order chi connectivity index (χ1) is 51.4. The molecule has 0 radical (unpaired) electrons. The first-order valence-electron chi connectivity index (χ1n) is 35.4. The van der Waals surface area contributed by atoms with Crippen molar-refractivity contribution in [1.82, 2.24) is 24.9 Å². The van der Waals surface area contributed by atoms with Gasteiger partial charge in [-0.15, -0.1) is 0 Å². The molecule has 5 heterocycles. The molecule has 0 saturated heterocycles. The summed E-state index contributed by atoms with van der Waals surface area (Å²) in [5.41, 5.74) is 25.3. The van der Waals surface area contributed by atoms with E-state index in [1.807, 2.05) is 115 Å². The third kappa shape index (κ3) is 15.5. The number of aromatic nitrogens is 5. The van der Waals surface area contributed by atoms with Crippen LogP contribution in [0.5, 0.6) is 5.75 Å². The number of pyridine rings is 5. The lowest BCUT2D eigenvalue weighted by Gasteiger charge is -2.30. The van der Waals surface area contributed by atoms with E-state index in [9.17, 15) is 0 Å². The number of nitrogens with one attached hydrogen (secondary N) is 5. The molecule has 105 heavy (non-hydrogen) atoms. The second-order valence-electron chi connectivity index (χ2n) is 27.3. The monoisotopic (exact) mass is 1370 g/mol. The average Bonchev–Trinajstić information content (AvgIpc) is 1.51. The zero-order chi connectivity index (χ0) is 72.0. The minimum atomic E-state index is -0.312. The number of rotatable bonds is 12. The topological polar surface area (TPSA) is 134 Å². The van der Waals surface area contributed by atoms with Crippen LogP contribution in [0.1, 0.15) is 73.6 Å². The number of hydrogen-bond donors (Lipinski definition) is 5. The van der Waals surface area contributed by atoms with E-state index in [1.54, 1.807) is 38.1 Å². The van der Waals surface area contributed by atoms with Crippen molar-refractivity contribution >= 4 is 57.5 Å². The highest BCUT2D eigenvalue weighted by Crippen LogP contribution is 2.63. The van der Waals surface area contributed by atoms with Gasteiger partial charge in [-0.3, -0.25) is 0 Å². The fraction of sp³-hybridized carbons (Fsp3) is 0.0957. The number of benzene rings is 10. The van der Waals surface area contributed by atoms with Crippen LogP contribution in [-0.2, 0) is 16.2 Å². The first-order valence-corrected chi connectivity index (χ1v) is 35.4. The molecule has 0 atom stereocenters. The fourth-order valence-electron chi connectivity index (χ4n) is 14.0. The Hall–Kier alpha value is -13.3. The Balaban J connectivity index is 0.000000119. The number of hydrogen-bond acceptors (Lipinski definition) is 11. The van der Waals surface area contributed by atoms with Crippen molar-refractivity contribution in [3.63, 3.8) is 0 Å². The van der Waals surface area contributed by atoms with Crippen molar-refractivity contribution in [3.05, 3.63) is 398 Å². The molecule has 514 valence electrons. The molecular weight excluding hydrogens is 1290 g/mol. The highest BCUT2D eigenvalue weighted by Gasteiger charge is 2.51. The number of anilines is 10. The van der Waals surface area contributed by atoms with Gasteiger partial charge in [-0.05, 0) is 222 Å². The molecule has 3 aliphatic rings. The molecular formula is C94H82N10O. The maximum Gasteiger partial charge on any atom is 0.131 e. The molecule has 5 N–H and O–H groups in total. The van der Waals surface area contributed by atoms with E-state index in [4.69, 9.17) is 4.74 Å². The lowest BCUT2D eigenvalue weighted by molar-refractivity contribution is 0.415. The molecule has 11 heteroatoms. The van der Waals surface area contributed by atoms with Gasteiger partial charge in [0.25, 0.3) is 0 Å². The molecule has 5 aromatic heterocycles. The summed E-state index contributed by atoms with van der Waals surface area (Å²) in [5.74, 6) is 5.04. The summed E-state index contributed by atoms with van der Waals surface area (Å²) in [7, 11) is 1.65. The first kappa shape index (κ1) is 68.9. The summed E-state index contributed by atoms with van der Waals surface area (Å²) < 4.78 is 5.08. The minimum Gasteiger partial charge on any atom is -0.497 e.